The van der Waals surface area contributed by atoms with E-state index >= 15 is 0 Å². The van der Waals surface area contributed by atoms with Crippen LogP contribution in [0.4, 0.5) is 0 Å². The minimum absolute atomic E-state index is 0.00854. The monoisotopic (exact) mass is 479 g/mol. The summed E-state index contributed by atoms with van der Waals surface area (Å²) in [7, 11) is 1.65. The lowest BCUT2D eigenvalue weighted by Crippen LogP contribution is -2.24. The molecule has 5 nitrogen and oxygen atoms in total. The number of carbonyl (C=O) groups is 1. The molecule has 0 N–H and O–H groups in total. The van der Waals surface area contributed by atoms with Crippen molar-refractivity contribution < 1.29 is 9.53 Å². The fourth-order valence-corrected chi connectivity index (χ4v) is 4.91. The van der Waals surface area contributed by atoms with E-state index in [0.29, 0.717) is 36.1 Å². The highest BCUT2D eigenvalue weighted by Gasteiger charge is 2.34. The molecule has 3 aromatic carbocycles. The van der Waals surface area contributed by atoms with Crippen molar-refractivity contribution >= 4 is 40.1 Å². The average Bonchev–Trinajstić information content (AvgIpc) is 3.36. The van der Waals surface area contributed by atoms with Crippen molar-refractivity contribution in [2.24, 2.45) is 0 Å². The van der Waals surface area contributed by atoms with E-state index in [4.69, 9.17) is 32.9 Å². The maximum atomic E-state index is 12.9. The summed E-state index contributed by atoms with van der Waals surface area (Å²) in [5.74, 6) is 1.86. The SMILES string of the molecule is COc1ccc(CN2C[C@H](c3nc4ccccc4n3Cc3ccc(Cl)cc3Cl)CC2=O)cc1. The number of benzene rings is 3. The van der Waals surface area contributed by atoms with E-state index in [0.717, 1.165) is 33.7 Å². The van der Waals surface area contributed by atoms with Crippen LogP contribution in [-0.2, 0) is 17.9 Å². The molecule has 0 radical (unpaired) electrons. The third-order valence-electron chi connectivity index (χ3n) is 6.14. The second-order valence-electron chi connectivity index (χ2n) is 8.30. The Morgan fingerprint density at radius 2 is 1.82 bits per heavy atom. The van der Waals surface area contributed by atoms with E-state index in [1.165, 1.54) is 0 Å². The van der Waals surface area contributed by atoms with Crippen LogP contribution < -0.4 is 4.74 Å². The van der Waals surface area contributed by atoms with Crippen molar-refractivity contribution in [2.45, 2.75) is 25.4 Å². The van der Waals surface area contributed by atoms with E-state index in [9.17, 15) is 4.79 Å². The third-order valence-corrected chi connectivity index (χ3v) is 6.73. The summed E-state index contributed by atoms with van der Waals surface area (Å²) in [5.41, 5.74) is 3.98. The van der Waals surface area contributed by atoms with Gasteiger partial charge in [-0.25, -0.2) is 4.98 Å². The molecule has 1 fully saturated rings. The molecule has 4 aromatic rings. The van der Waals surface area contributed by atoms with Crippen LogP contribution >= 0.6 is 23.2 Å². The summed E-state index contributed by atoms with van der Waals surface area (Å²) in [4.78, 5) is 19.7. The molecule has 1 aliphatic heterocycles. The van der Waals surface area contributed by atoms with Crippen LogP contribution in [-0.4, -0.2) is 34.0 Å². The Balaban J connectivity index is 1.44. The maximum absolute atomic E-state index is 12.9. The van der Waals surface area contributed by atoms with Crippen LogP contribution in [0.5, 0.6) is 5.75 Å². The number of hydrogen-bond donors (Lipinski definition) is 0. The Kier molecular flexibility index (Phi) is 6.00. The molecule has 2 heterocycles. The van der Waals surface area contributed by atoms with Crippen LogP contribution in [0.2, 0.25) is 10.0 Å². The van der Waals surface area contributed by atoms with Crippen LogP contribution in [0.15, 0.2) is 66.7 Å². The number of aromatic nitrogens is 2. The number of amides is 1. The number of imidazole rings is 1. The summed E-state index contributed by atoms with van der Waals surface area (Å²) in [5, 5.41) is 1.23. The van der Waals surface area contributed by atoms with E-state index in [1.807, 2.05) is 59.5 Å². The van der Waals surface area contributed by atoms with Gasteiger partial charge in [-0.05, 0) is 47.5 Å². The number of rotatable bonds is 6. The lowest BCUT2D eigenvalue weighted by molar-refractivity contribution is -0.128. The van der Waals surface area contributed by atoms with Gasteiger partial charge in [0.05, 0.1) is 24.7 Å². The first-order valence-corrected chi connectivity index (χ1v) is 11.6. The van der Waals surface area contributed by atoms with Gasteiger partial charge in [-0.3, -0.25) is 4.79 Å². The van der Waals surface area contributed by atoms with E-state index in [1.54, 1.807) is 13.2 Å². The second-order valence-corrected chi connectivity index (χ2v) is 9.15. The molecule has 0 saturated carbocycles. The number of ether oxygens (including phenoxy) is 1. The topological polar surface area (TPSA) is 47.4 Å². The standard InChI is InChI=1S/C26H23Cl2N3O2/c1-33-21-10-6-17(7-11-21)14-30-15-19(12-25(30)32)26-29-23-4-2-3-5-24(23)31(26)16-18-8-9-20(27)13-22(18)28/h2-11,13,19H,12,14-16H2,1H3/t19-/m1/s1. The molecule has 0 spiro atoms. The Bertz CT molecular complexity index is 1320. The first-order valence-electron chi connectivity index (χ1n) is 10.8. The zero-order valence-electron chi connectivity index (χ0n) is 18.2. The minimum atomic E-state index is 0.00854. The summed E-state index contributed by atoms with van der Waals surface area (Å²) in [6.07, 6.45) is 0.438. The molecular weight excluding hydrogens is 457 g/mol. The highest BCUT2D eigenvalue weighted by atomic mass is 35.5. The first kappa shape index (κ1) is 21.8. The van der Waals surface area contributed by atoms with E-state index in [2.05, 4.69) is 10.6 Å². The maximum Gasteiger partial charge on any atom is 0.223 e. The molecule has 0 unspecified atom stereocenters. The largest absolute Gasteiger partial charge is 0.497 e. The van der Waals surface area contributed by atoms with Gasteiger partial charge < -0.3 is 14.2 Å². The summed E-state index contributed by atoms with van der Waals surface area (Å²) in [6.45, 7) is 1.76. The van der Waals surface area contributed by atoms with Gasteiger partial charge >= 0.3 is 0 Å². The van der Waals surface area contributed by atoms with Crippen molar-refractivity contribution in [3.05, 3.63) is 93.7 Å². The Labute approximate surface area is 202 Å². The molecule has 0 aliphatic carbocycles. The highest BCUT2D eigenvalue weighted by Crippen LogP contribution is 2.33. The molecule has 1 aromatic heterocycles. The van der Waals surface area contributed by atoms with Gasteiger partial charge in [0.25, 0.3) is 0 Å². The van der Waals surface area contributed by atoms with Gasteiger partial charge in [0.15, 0.2) is 0 Å². The summed E-state index contributed by atoms with van der Waals surface area (Å²) >= 11 is 12.6. The molecule has 1 aliphatic rings. The zero-order valence-corrected chi connectivity index (χ0v) is 19.7. The van der Waals surface area contributed by atoms with E-state index < -0.39 is 0 Å². The smallest absolute Gasteiger partial charge is 0.223 e. The number of halogens is 2. The second kappa shape index (κ2) is 9.08. The van der Waals surface area contributed by atoms with Crippen molar-refractivity contribution in [2.75, 3.05) is 13.7 Å². The Morgan fingerprint density at radius 1 is 1.03 bits per heavy atom. The first-order chi connectivity index (χ1) is 16.0. The molecule has 168 valence electrons. The highest BCUT2D eigenvalue weighted by molar-refractivity contribution is 6.35. The Hall–Kier alpha value is -3.02. The molecule has 33 heavy (non-hydrogen) atoms. The summed E-state index contributed by atoms with van der Waals surface area (Å²) < 4.78 is 7.41. The molecule has 1 amide bonds. The van der Waals surface area contributed by atoms with Gasteiger partial charge in [-0.1, -0.05) is 53.5 Å². The molecule has 1 atom stereocenters. The van der Waals surface area contributed by atoms with Gasteiger partial charge in [-0.2, -0.15) is 0 Å². The van der Waals surface area contributed by atoms with Crippen molar-refractivity contribution in [3.8, 4) is 5.75 Å². The lowest BCUT2D eigenvalue weighted by Gasteiger charge is -2.18. The van der Waals surface area contributed by atoms with Crippen molar-refractivity contribution in [1.29, 1.82) is 0 Å². The molecule has 1 saturated heterocycles. The Morgan fingerprint density at radius 3 is 2.58 bits per heavy atom. The summed E-state index contributed by atoms with van der Waals surface area (Å²) in [6, 6.07) is 21.4. The van der Waals surface area contributed by atoms with E-state index in [-0.39, 0.29) is 11.8 Å². The van der Waals surface area contributed by atoms with Gasteiger partial charge in [0, 0.05) is 35.5 Å². The number of nitrogens with zero attached hydrogens (tertiary/aromatic N) is 3. The predicted molar refractivity (Wildman–Crippen MR) is 131 cm³/mol. The van der Waals surface area contributed by atoms with Gasteiger partial charge in [-0.15, -0.1) is 0 Å². The fraction of sp³-hybridized carbons (Fsp3) is 0.231. The number of fused-ring (bicyclic) bond motifs is 1. The number of carbonyl (C=O) groups excluding carboxylic acids is 1. The van der Waals surface area contributed by atoms with Crippen molar-refractivity contribution in [3.63, 3.8) is 0 Å². The minimum Gasteiger partial charge on any atom is -0.497 e. The van der Waals surface area contributed by atoms with Gasteiger partial charge in [0.1, 0.15) is 11.6 Å². The third kappa shape index (κ3) is 4.43. The van der Waals surface area contributed by atoms with Crippen LogP contribution in [0, 0.1) is 0 Å². The lowest BCUT2D eigenvalue weighted by atomic mass is 10.1. The van der Waals surface area contributed by atoms with Crippen LogP contribution in [0.1, 0.15) is 29.3 Å². The normalized spacial score (nSPS) is 16.0. The van der Waals surface area contributed by atoms with Crippen LogP contribution in [0.3, 0.4) is 0 Å². The zero-order chi connectivity index (χ0) is 22.9. The fourth-order valence-electron chi connectivity index (χ4n) is 4.44. The van der Waals surface area contributed by atoms with Gasteiger partial charge in [0.2, 0.25) is 5.91 Å². The molecular formula is C26H23Cl2N3O2. The molecule has 7 heteroatoms. The number of hydrogen-bond acceptors (Lipinski definition) is 3. The number of methoxy groups -OCH3 is 1. The number of likely N-dealkylation sites (tertiary alicyclic amines) is 1. The average molecular weight is 480 g/mol. The number of para-hydroxylation sites is 2. The predicted octanol–water partition coefficient (Wildman–Crippen LogP) is 5.92. The molecule has 5 rings (SSSR count). The van der Waals surface area contributed by atoms with Crippen LogP contribution in [0.25, 0.3) is 11.0 Å². The van der Waals surface area contributed by atoms with Crippen molar-refractivity contribution in [1.82, 2.24) is 14.5 Å². The molecule has 0 bridgehead atoms. The quantitative estimate of drug-likeness (QED) is 0.345.